The molecule has 1 spiro atoms. The van der Waals surface area contributed by atoms with Gasteiger partial charge in [0.25, 0.3) is 0 Å². The molecule has 0 bridgehead atoms. The number of imide groups is 1. The largest absolute Gasteiger partial charge is 0.443 e. The second kappa shape index (κ2) is 4.04. The minimum Gasteiger partial charge on any atom is -0.443 e. The van der Waals surface area contributed by atoms with E-state index in [9.17, 15) is 9.59 Å². The Balaban J connectivity index is 2.02. The fourth-order valence-electron chi connectivity index (χ4n) is 2.47. The zero-order valence-electron chi connectivity index (χ0n) is 11.6. The first-order valence-electron chi connectivity index (χ1n) is 6.48. The average molecular weight is 339 g/mol. The van der Waals surface area contributed by atoms with Crippen LogP contribution >= 0.6 is 15.9 Å². The maximum atomic E-state index is 12.6. The summed E-state index contributed by atoms with van der Waals surface area (Å²) in [6, 6.07) is 1.87. The summed E-state index contributed by atoms with van der Waals surface area (Å²) in [5.41, 5.74) is -0.377. The van der Waals surface area contributed by atoms with Gasteiger partial charge in [0, 0.05) is 16.2 Å². The number of hydrogen-bond donors (Lipinski definition) is 0. The first-order chi connectivity index (χ1) is 9.24. The number of halogens is 1. The van der Waals surface area contributed by atoms with Crippen LogP contribution in [0, 0.1) is 0 Å². The number of carbonyl (C=O) groups excluding carboxylic acids is 2. The fraction of sp³-hybridized carbons (Fsp3) is 0.500. The van der Waals surface area contributed by atoms with Crippen molar-refractivity contribution >= 4 is 33.7 Å². The molecule has 1 fully saturated rings. The molecule has 1 aliphatic carbocycles. The number of aromatic nitrogens is 1. The number of anilines is 1. The minimum absolute atomic E-state index is 0.215. The number of nitrogens with zero attached hydrogens (tertiary/aromatic N) is 2. The fourth-order valence-corrected chi connectivity index (χ4v) is 2.80. The van der Waals surface area contributed by atoms with Crippen LogP contribution in [0.1, 0.15) is 39.2 Å². The van der Waals surface area contributed by atoms with Crippen molar-refractivity contribution in [2.75, 3.05) is 4.90 Å². The monoisotopic (exact) mass is 338 g/mol. The van der Waals surface area contributed by atoms with Crippen LogP contribution in [0.15, 0.2) is 16.7 Å². The van der Waals surface area contributed by atoms with Crippen LogP contribution in [0.3, 0.4) is 0 Å². The molecule has 2 amide bonds. The van der Waals surface area contributed by atoms with Crippen molar-refractivity contribution in [1.82, 2.24) is 4.98 Å². The molecule has 3 rings (SSSR count). The summed E-state index contributed by atoms with van der Waals surface area (Å²) < 4.78 is 6.12. The van der Waals surface area contributed by atoms with Crippen LogP contribution in [0.5, 0.6) is 0 Å². The van der Waals surface area contributed by atoms with Gasteiger partial charge in [-0.15, -0.1) is 0 Å². The van der Waals surface area contributed by atoms with Crippen LogP contribution in [0.4, 0.5) is 10.6 Å². The number of fused-ring (bicyclic) bond motifs is 2. The third-order valence-corrected chi connectivity index (χ3v) is 3.93. The number of carbonyl (C=O) groups is 2. The quantitative estimate of drug-likeness (QED) is 0.729. The number of ether oxygens (including phenoxy) is 1. The Hall–Kier alpha value is -1.43. The van der Waals surface area contributed by atoms with E-state index in [1.54, 1.807) is 27.0 Å². The first kappa shape index (κ1) is 13.5. The first-order valence-corrected chi connectivity index (χ1v) is 7.27. The van der Waals surface area contributed by atoms with Crippen molar-refractivity contribution in [3.05, 3.63) is 22.3 Å². The molecule has 2 aliphatic rings. The van der Waals surface area contributed by atoms with Gasteiger partial charge in [0.15, 0.2) is 0 Å². The Labute approximate surface area is 125 Å². The number of hydrogen-bond acceptors (Lipinski definition) is 4. The number of pyridine rings is 1. The van der Waals surface area contributed by atoms with Gasteiger partial charge in [-0.25, -0.2) is 9.78 Å². The van der Waals surface area contributed by atoms with E-state index in [1.807, 2.05) is 6.07 Å². The topological polar surface area (TPSA) is 59.5 Å². The Kier molecular flexibility index (Phi) is 2.73. The van der Waals surface area contributed by atoms with Crippen molar-refractivity contribution in [3.63, 3.8) is 0 Å². The van der Waals surface area contributed by atoms with E-state index in [2.05, 4.69) is 20.9 Å². The van der Waals surface area contributed by atoms with Gasteiger partial charge in [-0.3, -0.25) is 4.79 Å². The minimum atomic E-state index is -0.651. The summed E-state index contributed by atoms with van der Waals surface area (Å²) in [5, 5.41) is 0. The van der Waals surface area contributed by atoms with Gasteiger partial charge in [-0.1, -0.05) is 0 Å². The molecule has 106 valence electrons. The molecule has 2 heterocycles. The summed E-state index contributed by atoms with van der Waals surface area (Å²) in [6.45, 7) is 5.32. The Bertz CT molecular complexity index is 617. The molecular formula is C14H15BrN2O3. The maximum Gasteiger partial charge on any atom is 0.423 e. The van der Waals surface area contributed by atoms with Gasteiger partial charge in [0.05, 0.1) is 5.41 Å². The van der Waals surface area contributed by atoms with Crippen molar-refractivity contribution in [1.29, 1.82) is 0 Å². The second-order valence-corrected chi connectivity index (χ2v) is 7.14. The zero-order valence-corrected chi connectivity index (χ0v) is 13.2. The summed E-state index contributed by atoms with van der Waals surface area (Å²) in [5.74, 6) is 0.192. The van der Waals surface area contributed by atoms with Crippen LogP contribution in [-0.2, 0) is 14.9 Å². The van der Waals surface area contributed by atoms with E-state index in [1.165, 1.54) is 0 Å². The van der Waals surface area contributed by atoms with Crippen LogP contribution in [0.2, 0.25) is 0 Å². The lowest BCUT2D eigenvalue weighted by Crippen LogP contribution is -2.41. The molecule has 6 heteroatoms. The molecule has 0 N–H and O–H groups in total. The molecule has 0 radical (unpaired) electrons. The van der Waals surface area contributed by atoms with Gasteiger partial charge in [0.1, 0.15) is 11.4 Å². The van der Waals surface area contributed by atoms with Crippen molar-refractivity contribution in [2.24, 2.45) is 0 Å². The molecule has 1 aromatic rings. The van der Waals surface area contributed by atoms with Crippen LogP contribution in [-0.4, -0.2) is 22.6 Å². The smallest absolute Gasteiger partial charge is 0.423 e. The number of rotatable bonds is 0. The molecular weight excluding hydrogens is 324 g/mol. The summed E-state index contributed by atoms with van der Waals surface area (Å²) >= 11 is 3.36. The normalized spacial score (nSPS) is 19.2. The molecule has 20 heavy (non-hydrogen) atoms. The molecule has 0 atom stereocenters. The Morgan fingerprint density at radius 1 is 1.45 bits per heavy atom. The highest BCUT2D eigenvalue weighted by molar-refractivity contribution is 9.10. The van der Waals surface area contributed by atoms with Gasteiger partial charge in [-0.05, 0) is 55.6 Å². The lowest BCUT2D eigenvalue weighted by molar-refractivity contribution is -0.120. The van der Waals surface area contributed by atoms with E-state index in [-0.39, 0.29) is 5.91 Å². The molecule has 5 nitrogen and oxygen atoms in total. The summed E-state index contributed by atoms with van der Waals surface area (Å²) in [6.07, 6.45) is 2.46. The van der Waals surface area contributed by atoms with Crippen molar-refractivity contribution < 1.29 is 14.3 Å². The molecule has 0 saturated heterocycles. The highest BCUT2D eigenvalue weighted by atomic mass is 79.9. The Morgan fingerprint density at radius 2 is 2.10 bits per heavy atom. The molecule has 1 saturated carbocycles. The third kappa shape index (κ3) is 1.93. The molecule has 1 aliphatic heterocycles. The van der Waals surface area contributed by atoms with Crippen LogP contribution in [0.25, 0.3) is 0 Å². The average Bonchev–Trinajstić information content (AvgIpc) is 3.05. The van der Waals surface area contributed by atoms with Gasteiger partial charge in [0.2, 0.25) is 5.91 Å². The number of amides is 2. The van der Waals surface area contributed by atoms with E-state index >= 15 is 0 Å². The van der Waals surface area contributed by atoms with E-state index in [0.29, 0.717) is 5.82 Å². The molecule has 0 unspecified atom stereocenters. The standard InChI is InChI=1S/C14H15BrN2O3/c1-13(2,3)20-12(19)17-10-9(6-8(15)7-16-10)14(4-5-14)11(17)18/h6-7H,4-5H2,1-3H3. The van der Waals surface area contributed by atoms with E-state index in [0.717, 1.165) is 27.8 Å². The van der Waals surface area contributed by atoms with Gasteiger partial charge < -0.3 is 4.74 Å². The maximum absolute atomic E-state index is 12.6. The molecule has 0 aromatic carbocycles. The van der Waals surface area contributed by atoms with Crippen molar-refractivity contribution in [3.8, 4) is 0 Å². The van der Waals surface area contributed by atoms with E-state index in [4.69, 9.17) is 4.74 Å². The van der Waals surface area contributed by atoms with Crippen molar-refractivity contribution in [2.45, 2.75) is 44.6 Å². The second-order valence-electron chi connectivity index (χ2n) is 6.23. The van der Waals surface area contributed by atoms with Crippen LogP contribution < -0.4 is 4.90 Å². The lowest BCUT2D eigenvalue weighted by atomic mass is 10.00. The lowest BCUT2D eigenvalue weighted by Gasteiger charge is -2.23. The van der Waals surface area contributed by atoms with E-state index < -0.39 is 17.1 Å². The zero-order chi connectivity index (χ0) is 14.7. The predicted molar refractivity (Wildman–Crippen MR) is 76.6 cm³/mol. The van der Waals surface area contributed by atoms with Gasteiger partial charge >= 0.3 is 6.09 Å². The predicted octanol–water partition coefficient (Wildman–Crippen LogP) is 3.16. The summed E-state index contributed by atoms with van der Waals surface area (Å²) in [4.78, 5) is 30.1. The highest BCUT2D eigenvalue weighted by Crippen LogP contribution is 2.57. The third-order valence-electron chi connectivity index (χ3n) is 3.50. The molecule has 1 aromatic heterocycles. The SMILES string of the molecule is CC(C)(C)OC(=O)N1C(=O)C2(CC2)c2cc(Br)cnc21. The highest BCUT2D eigenvalue weighted by Gasteiger charge is 2.62. The Morgan fingerprint density at radius 3 is 2.65 bits per heavy atom. The van der Waals surface area contributed by atoms with Gasteiger partial charge in [-0.2, -0.15) is 4.90 Å². The summed E-state index contributed by atoms with van der Waals surface area (Å²) in [7, 11) is 0.